The zero-order valence-corrected chi connectivity index (χ0v) is 14.5. The molecule has 0 atom stereocenters. The van der Waals surface area contributed by atoms with Gasteiger partial charge in [-0.25, -0.2) is 10.2 Å². The molecule has 1 heterocycles. The van der Waals surface area contributed by atoms with Crippen LogP contribution in [0, 0.1) is 5.82 Å². The van der Waals surface area contributed by atoms with Crippen molar-refractivity contribution in [2.45, 2.75) is 6.54 Å². The summed E-state index contributed by atoms with van der Waals surface area (Å²) in [5.74, 6) is 4.37. The Bertz CT molecular complexity index is 954. The van der Waals surface area contributed by atoms with Gasteiger partial charge in [0.2, 0.25) is 0 Å². The molecule has 2 aromatic carbocycles. The van der Waals surface area contributed by atoms with E-state index < -0.39 is 11.7 Å². The first kappa shape index (κ1) is 17.2. The Hall–Kier alpha value is -2.64. The largest absolute Gasteiger partial charge is 0.378 e. The average Bonchev–Trinajstić information content (AvgIpc) is 2.94. The lowest BCUT2D eigenvalue weighted by atomic mass is 10.1. The first-order chi connectivity index (χ1) is 11.9. The molecule has 130 valence electrons. The standard InChI is InChI=1S/C17H17ClFN5O/c1-23(2)12-5-6-13-15(8-12)24(22-16(13)17(25)21-20)9-10-3-4-11(19)7-14(10)18/h3-8H,9,20H2,1-2H3,(H,21,25). The number of hydrogen-bond donors (Lipinski definition) is 2. The maximum absolute atomic E-state index is 13.3. The molecule has 0 fully saturated rings. The van der Waals surface area contributed by atoms with Gasteiger partial charge in [-0.3, -0.25) is 14.9 Å². The van der Waals surface area contributed by atoms with E-state index in [4.69, 9.17) is 17.4 Å². The Morgan fingerprint density at radius 1 is 1.32 bits per heavy atom. The van der Waals surface area contributed by atoms with E-state index >= 15 is 0 Å². The molecule has 1 amide bonds. The molecule has 0 aliphatic rings. The zero-order valence-electron chi connectivity index (χ0n) is 13.8. The van der Waals surface area contributed by atoms with E-state index in [9.17, 15) is 9.18 Å². The van der Waals surface area contributed by atoms with Crippen LogP contribution >= 0.6 is 11.6 Å². The minimum atomic E-state index is -0.480. The van der Waals surface area contributed by atoms with Crippen molar-refractivity contribution in [3.63, 3.8) is 0 Å². The molecule has 6 nitrogen and oxygen atoms in total. The number of fused-ring (bicyclic) bond motifs is 1. The van der Waals surface area contributed by atoms with Crippen molar-refractivity contribution >= 4 is 34.1 Å². The number of nitrogens with zero attached hydrogens (tertiary/aromatic N) is 3. The van der Waals surface area contributed by atoms with Crippen LogP contribution in [0.1, 0.15) is 16.1 Å². The summed E-state index contributed by atoms with van der Waals surface area (Å²) in [4.78, 5) is 14.0. The number of nitrogen functional groups attached to an aromatic ring is 1. The van der Waals surface area contributed by atoms with E-state index in [0.717, 1.165) is 11.2 Å². The summed E-state index contributed by atoms with van der Waals surface area (Å²) in [5, 5.41) is 5.35. The molecule has 3 rings (SSSR count). The second kappa shape index (κ2) is 6.70. The maximum Gasteiger partial charge on any atom is 0.286 e. The topological polar surface area (TPSA) is 76.2 Å². The molecule has 1 aromatic heterocycles. The second-order valence-electron chi connectivity index (χ2n) is 5.81. The highest BCUT2D eigenvalue weighted by Crippen LogP contribution is 2.26. The molecule has 8 heteroatoms. The monoisotopic (exact) mass is 361 g/mol. The van der Waals surface area contributed by atoms with Gasteiger partial charge in [0.25, 0.3) is 5.91 Å². The molecular formula is C17H17ClFN5O. The van der Waals surface area contributed by atoms with Gasteiger partial charge in [-0.15, -0.1) is 0 Å². The molecular weight excluding hydrogens is 345 g/mol. The lowest BCUT2D eigenvalue weighted by molar-refractivity contribution is 0.0949. The Labute approximate surface area is 148 Å². The van der Waals surface area contributed by atoms with Gasteiger partial charge in [-0.2, -0.15) is 5.10 Å². The number of nitrogens with two attached hydrogens (primary N) is 1. The van der Waals surface area contributed by atoms with Gasteiger partial charge in [-0.1, -0.05) is 17.7 Å². The third-order valence-electron chi connectivity index (χ3n) is 3.93. The molecule has 0 spiro atoms. The van der Waals surface area contributed by atoms with Crippen LogP contribution in [-0.2, 0) is 6.54 Å². The number of hydrogen-bond acceptors (Lipinski definition) is 4. The van der Waals surface area contributed by atoms with Crippen LogP contribution in [0.5, 0.6) is 0 Å². The number of aromatic nitrogens is 2. The third-order valence-corrected chi connectivity index (χ3v) is 4.28. The van der Waals surface area contributed by atoms with Gasteiger partial charge in [0.15, 0.2) is 5.69 Å². The van der Waals surface area contributed by atoms with Crippen molar-refractivity contribution in [1.82, 2.24) is 15.2 Å². The fraction of sp³-hybridized carbons (Fsp3) is 0.176. The molecule has 3 N–H and O–H groups in total. The van der Waals surface area contributed by atoms with Gasteiger partial charge in [-0.05, 0) is 35.9 Å². The summed E-state index contributed by atoms with van der Waals surface area (Å²) >= 11 is 6.12. The first-order valence-corrected chi connectivity index (χ1v) is 7.91. The Morgan fingerprint density at radius 2 is 2.08 bits per heavy atom. The molecule has 0 saturated carbocycles. The zero-order chi connectivity index (χ0) is 18.1. The number of nitrogens with one attached hydrogen (secondary N) is 1. The minimum absolute atomic E-state index is 0.223. The maximum atomic E-state index is 13.3. The van der Waals surface area contributed by atoms with E-state index in [1.807, 2.05) is 37.2 Å². The number of anilines is 1. The summed E-state index contributed by atoms with van der Waals surface area (Å²) in [6.07, 6.45) is 0. The van der Waals surface area contributed by atoms with Crippen molar-refractivity contribution < 1.29 is 9.18 Å². The van der Waals surface area contributed by atoms with Crippen molar-refractivity contribution in [3.8, 4) is 0 Å². The van der Waals surface area contributed by atoms with Crippen LogP contribution < -0.4 is 16.2 Å². The highest BCUT2D eigenvalue weighted by molar-refractivity contribution is 6.31. The lowest BCUT2D eigenvalue weighted by Crippen LogP contribution is -2.30. The van der Waals surface area contributed by atoms with Crippen molar-refractivity contribution in [2.75, 3.05) is 19.0 Å². The van der Waals surface area contributed by atoms with Gasteiger partial charge in [0.1, 0.15) is 5.82 Å². The van der Waals surface area contributed by atoms with Gasteiger partial charge < -0.3 is 4.90 Å². The predicted octanol–water partition coefficient (Wildman–Crippen LogP) is 2.55. The molecule has 0 radical (unpaired) electrons. The summed E-state index contributed by atoms with van der Waals surface area (Å²) in [6, 6.07) is 9.83. The summed E-state index contributed by atoms with van der Waals surface area (Å²) in [7, 11) is 3.85. The molecule has 0 unspecified atom stereocenters. The van der Waals surface area contributed by atoms with Crippen molar-refractivity contribution in [3.05, 3.63) is 58.5 Å². The number of amides is 1. The SMILES string of the molecule is CN(C)c1ccc2c(C(=O)NN)nn(Cc3ccc(F)cc3Cl)c2c1. The quantitative estimate of drug-likeness (QED) is 0.425. The Morgan fingerprint density at radius 3 is 2.72 bits per heavy atom. The Kier molecular flexibility index (Phi) is 4.61. The van der Waals surface area contributed by atoms with E-state index in [2.05, 4.69) is 10.5 Å². The number of benzene rings is 2. The van der Waals surface area contributed by atoms with Crippen molar-refractivity contribution in [1.29, 1.82) is 0 Å². The average molecular weight is 362 g/mol. The molecule has 3 aromatic rings. The van der Waals surface area contributed by atoms with E-state index in [0.29, 0.717) is 22.5 Å². The number of carbonyl (C=O) groups excluding carboxylic acids is 1. The van der Waals surface area contributed by atoms with Crippen LogP contribution in [-0.4, -0.2) is 29.8 Å². The van der Waals surface area contributed by atoms with Crippen LogP contribution in [0.3, 0.4) is 0 Å². The number of halogens is 2. The summed E-state index contributed by atoms with van der Waals surface area (Å²) in [5.41, 5.74) is 4.74. The molecule has 0 bridgehead atoms. The van der Waals surface area contributed by atoms with Crippen LogP contribution in [0.2, 0.25) is 5.02 Å². The van der Waals surface area contributed by atoms with E-state index in [1.54, 1.807) is 10.7 Å². The normalized spacial score (nSPS) is 10.9. The van der Waals surface area contributed by atoms with Crippen molar-refractivity contribution in [2.24, 2.45) is 5.84 Å². The smallest absolute Gasteiger partial charge is 0.286 e. The second-order valence-corrected chi connectivity index (χ2v) is 6.22. The molecule has 0 aliphatic heterocycles. The highest BCUT2D eigenvalue weighted by Gasteiger charge is 2.18. The van der Waals surface area contributed by atoms with Crippen LogP contribution in [0.15, 0.2) is 36.4 Å². The number of carbonyl (C=O) groups is 1. The van der Waals surface area contributed by atoms with Gasteiger partial charge in [0, 0.05) is 30.2 Å². The molecule has 0 aliphatic carbocycles. The fourth-order valence-electron chi connectivity index (χ4n) is 2.61. The summed E-state index contributed by atoms with van der Waals surface area (Å²) < 4.78 is 14.9. The third kappa shape index (κ3) is 3.29. The van der Waals surface area contributed by atoms with Crippen LogP contribution in [0.25, 0.3) is 10.9 Å². The lowest BCUT2D eigenvalue weighted by Gasteiger charge is -2.13. The van der Waals surface area contributed by atoms with Crippen LogP contribution in [0.4, 0.5) is 10.1 Å². The summed E-state index contributed by atoms with van der Waals surface area (Å²) in [6.45, 7) is 0.296. The first-order valence-electron chi connectivity index (χ1n) is 7.53. The number of hydrazine groups is 1. The van der Waals surface area contributed by atoms with Gasteiger partial charge in [0.05, 0.1) is 12.1 Å². The number of rotatable bonds is 4. The Balaban J connectivity index is 2.15. The highest BCUT2D eigenvalue weighted by atomic mass is 35.5. The molecule has 25 heavy (non-hydrogen) atoms. The van der Waals surface area contributed by atoms with E-state index in [-0.39, 0.29) is 5.69 Å². The van der Waals surface area contributed by atoms with E-state index in [1.165, 1.54) is 12.1 Å². The van der Waals surface area contributed by atoms with Gasteiger partial charge >= 0.3 is 0 Å². The molecule has 0 saturated heterocycles. The fourth-order valence-corrected chi connectivity index (χ4v) is 2.84. The minimum Gasteiger partial charge on any atom is -0.378 e. The predicted molar refractivity (Wildman–Crippen MR) is 96.2 cm³/mol.